The molecule has 0 spiro atoms. The fourth-order valence-electron chi connectivity index (χ4n) is 4.83. The van der Waals surface area contributed by atoms with Crippen LogP contribution in [0.15, 0.2) is 48.5 Å². The van der Waals surface area contributed by atoms with Gasteiger partial charge in [0.15, 0.2) is 0 Å². The molecule has 6 heteroatoms. The first-order chi connectivity index (χ1) is 13.6. The van der Waals surface area contributed by atoms with E-state index in [9.17, 15) is 4.79 Å². The summed E-state index contributed by atoms with van der Waals surface area (Å²) in [5.41, 5.74) is 2.31. The minimum absolute atomic E-state index is 0. The van der Waals surface area contributed by atoms with E-state index in [1.807, 2.05) is 36.4 Å². The van der Waals surface area contributed by atoms with Crippen molar-refractivity contribution in [1.82, 2.24) is 9.80 Å². The monoisotopic (exact) mass is 416 g/mol. The second kappa shape index (κ2) is 9.06. The number of hydrogen-bond acceptors (Lipinski definition) is 4. The lowest BCUT2D eigenvalue weighted by Crippen LogP contribution is -2.34. The van der Waals surface area contributed by atoms with Gasteiger partial charge >= 0.3 is 0 Å². The topological polar surface area (TPSA) is 42.0 Å². The maximum Gasteiger partial charge on any atom is 0.227 e. The minimum atomic E-state index is 0. The van der Waals surface area contributed by atoms with Crippen molar-refractivity contribution in [2.45, 2.75) is 12.5 Å². The molecule has 156 valence electrons. The molecule has 0 unspecified atom stereocenters. The summed E-state index contributed by atoms with van der Waals surface area (Å²) < 4.78 is 10.6. The van der Waals surface area contributed by atoms with E-state index in [1.54, 1.807) is 14.2 Å². The maximum absolute atomic E-state index is 12.9. The minimum Gasteiger partial charge on any atom is -0.497 e. The molecular weight excluding hydrogens is 388 g/mol. The third-order valence-corrected chi connectivity index (χ3v) is 6.19. The van der Waals surface area contributed by atoms with E-state index in [0.29, 0.717) is 24.3 Å². The standard InChI is InChI=1S/C23H28N2O3.ClH/c1-24-13-18-14-25(22(26)12-16-5-4-6-20(11-16)28-3)15-21(18)23(24)17-7-9-19(27-2)10-8-17;/h4-11,18,21,23H,12-15H2,1-3H3;1H/t18-,21+,23-;/m0./s1. The van der Waals surface area contributed by atoms with Crippen molar-refractivity contribution in [2.24, 2.45) is 11.8 Å². The van der Waals surface area contributed by atoms with Gasteiger partial charge in [-0.2, -0.15) is 0 Å². The average Bonchev–Trinajstić information content (AvgIpc) is 3.25. The van der Waals surface area contributed by atoms with Crippen LogP contribution in [0, 0.1) is 11.8 Å². The van der Waals surface area contributed by atoms with E-state index in [2.05, 4.69) is 29.0 Å². The molecule has 0 radical (unpaired) electrons. The molecule has 1 amide bonds. The average molecular weight is 417 g/mol. The Balaban J connectivity index is 0.00000240. The maximum atomic E-state index is 12.9. The number of carbonyl (C=O) groups is 1. The number of methoxy groups -OCH3 is 2. The third kappa shape index (κ3) is 4.36. The zero-order valence-electron chi connectivity index (χ0n) is 17.2. The highest BCUT2D eigenvalue weighted by Crippen LogP contribution is 2.44. The van der Waals surface area contributed by atoms with Gasteiger partial charge in [-0.25, -0.2) is 0 Å². The summed E-state index contributed by atoms with van der Waals surface area (Å²) >= 11 is 0. The van der Waals surface area contributed by atoms with Crippen molar-refractivity contribution in [3.8, 4) is 11.5 Å². The lowest BCUT2D eigenvalue weighted by atomic mass is 9.89. The van der Waals surface area contributed by atoms with E-state index in [1.165, 1.54) is 5.56 Å². The molecule has 2 aromatic rings. The van der Waals surface area contributed by atoms with Gasteiger partial charge in [-0.3, -0.25) is 9.69 Å². The molecule has 0 bridgehead atoms. The SMILES string of the molecule is COc1ccc([C@H]2[C@@H]3CN(C(=O)Cc4cccc(OC)c4)C[C@@H]3CN2C)cc1.Cl. The summed E-state index contributed by atoms with van der Waals surface area (Å²) in [4.78, 5) is 17.4. The number of nitrogens with zero attached hydrogens (tertiary/aromatic N) is 2. The molecule has 0 aliphatic carbocycles. The highest BCUT2D eigenvalue weighted by atomic mass is 35.5. The summed E-state index contributed by atoms with van der Waals surface area (Å²) in [6.07, 6.45) is 0.430. The van der Waals surface area contributed by atoms with Crippen LogP contribution in [0.3, 0.4) is 0 Å². The molecule has 0 aromatic heterocycles. The first-order valence-corrected chi connectivity index (χ1v) is 9.84. The Kier molecular flexibility index (Phi) is 6.70. The normalized spacial score (nSPS) is 23.4. The first-order valence-electron chi connectivity index (χ1n) is 9.84. The number of ether oxygens (including phenoxy) is 2. The van der Waals surface area contributed by atoms with Crippen LogP contribution < -0.4 is 9.47 Å². The zero-order valence-corrected chi connectivity index (χ0v) is 18.0. The second-order valence-electron chi connectivity index (χ2n) is 7.91. The first kappa shape index (κ1) is 21.5. The van der Waals surface area contributed by atoms with Gasteiger partial charge in [0.1, 0.15) is 11.5 Å². The van der Waals surface area contributed by atoms with Gasteiger partial charge in [-0.05, 0) is 48.4 Å². The Morgan fingerprint density at radius 1 is 1.00 bits per heavy atom. The van der Waals surface area contributed by atoms with Gasteiger partial charge in [0.2, 0.25) is 5.91 Å². The van der Waals surface area contributed by atoms with Gasteiger partial charge < -0.3 is 14.4 Å². The Bertz CT molecular complexity index is 842. The van der Waals surface area contributed by atoms with E-state index < -0.39 is 0 Å². The molecule has 2 saturated heterocycles. The van der Waals surface area contributed by atoms with Gasteiger partial charge in [0.05, 0.1) is 20.6 Å². The molecular formula is C23H29ClN2O3. The molecule has 2 aliphatic rings. The summed E-state index contributed by atoms with van der Waals surface area (Å²) in [6.45, 7) is 2.71. The molecule has 4 rings (SSSR count). The van der Waals surface area contributed by atoms with E-state index in [-0.39, 0.29) is 18.3 Å². The molecule has 3 atom stereocenters. The Labute approximate surface area is 179 Å². The van der Waals surface area contributed by atoms with Crippen molar-refractivity contribution >= 4 is 18.3 Å². The van der Waals surface area contributed by atoms with Crippen LogP contribution in [0.5, 0.6) is 11.5 Å². The molecule has 0 saturated carbocycles. The molecule has 2 aliphatic heterocycles. The second-order valence-corrected chi connectivity index (χ2v) is 7.91. The van der Waals surface area contributed by atoms with E-state index in [4.69, 9.17) is 9.47 Å². The summed E-state index contributed by atoms with van der Waals surface area (Å²) in [5.74, 6) is 2.89. The van der Waals surface area contributed by atoms with E-state index in [0.717, 1.165) is 36.7 Å². The van der Waals surface area contributed by atoms with Gasteiger partial charge in [0, 0.05) is 31.6 Å². The highest BCUT2D eigenvalue weighted by molar-refractivity contribution is 5.85. The van der Waals surface area contributed by atoms with Gasteiger partial charge in [0.25, 0.3) is 0 Å². The van der Waals surface area contributed by atoms with Crippen molar-refractivity contribution < 1.29 is 14.3 Å². The van der Waals surface area contributed by atoms with Crippen LogP contribution >= 0.6 is 12.4 Å². The Morgan fingerprint density at radius 2 is 1.72 bits per heavy atom. The van der Waals surface area contributed by atoms with E-state index >= 15 is 0 Å². The Hall–Kier alpha value is -2.24. The van der Waals surface area contributed by atoms with Crippen molar-refractivity contribution in [2.75, 3.05) is 40.9 Å². The number of amides is 1. The van der Waals surface area contributed by atoms with Crippen LogP contribution in [-0.2, 0) is 11.2 Å². The largest absolute Gasteiger partial charge is 0.497 e. The third-order valence-electron chi connectivity index (χ3n) is 6.19. The summed E-state index contributed by atoms with van der Waals surface area (Å²) in [5, 5.41) is 0. The number of likely N-dealkylation sites (tertiary alicyclic amines) is 2. The number of fused-ring (bicyclic) bond motifs is 1. The highest BCUT2D eigenvalue weighted by Gasteiger charge is 2.47. The van der Waals surface area contributed by atoms with Gasteiger partial charge in [-0.15, -0.1) is 12.4 Å². The Morgan fingerprint density at radius 3 is 2.41 bits per heavy atom. The number of benzene rings is 2. The molecule has 2 heterocycles. The summed E-state index contributed by atoms with van der Waals surface area (Å²) in [7, 11) is 5.53. The number of hydrogen-bond donors (Lipinski definition) is 0. The lowest BCUT2D eigenvalue weighted by molar-refractivity contribution is -0.129. The predicted octanol–water partition coefficient (Wildman–Crippen LogP) is 3.43. The number of carbonyl (C=O) groups excluding carboxylic acids is 1. The van der Waals surface area contributed by atoms with Crippen LogP contribution in [0.4, 0.5) is 0 Å². The quantitative estimate of drug-likeness (QED) is 0.748. The molecule has 2 fully saturated rings. The van der Waals surface area contributed by atoms with Crippen LogP contribution in [0.1, 0.15) is 17.2 Å². The van der Waals surface area contributed by atoms with Gasteiger partial charge in [-0.1, -0.05) is 24.3 Å². The summed E-state index contributed by atoms with van der Waals surface area (Å²) in [6, 6.07) is 16.5. The smallest absolute Gasteiger partial charge is 0.227 e. The van der Waals surface area contributed by atoms with Crippen molar-refractivity contribution in [3.05, 3.63) is 59.7 Å². The number of halogens is 1. The fourth-order valence-corrected chi connectivity index (χ4v) is 4.83. The number of rotatable bonds is 5. The van der Waals surface area contributed by atoms with Crippen molar-refractivity contribution in [1.29, 1.82) is 0 Å². The zero-order chi connectivity index (χ0) is 19.7. The fraction of sp³-hybridized carbons (Fsp3) is 0.435. The molecule has 5 nitrogen and oxygen atoms in total. The lowest BCUT2D eigenvalue weighted by Gasteiger charge is -2.27. The van der Waals surface area contributed by atoms with Crippen LogP contribution in [0.2, 0.25) is 0 Å². The predicted molar refractivity (Wildman–Crippen MR) is 116 cm³/mol. The van der Waals surface area contributed by atoms with Crippen LogP contribution in [0.25, 0.3) is 0 Å². The molecule has 2 aromatic carbocycles. The van der Waals surface area contributed by atoms with Crippen LogP contribution in [-0.4, -0.2) is 56.6 Å². The molecule has 0 N–H and O–H groups in total. The van der Waals surface area contributed by atoms with Crippen molar-refractivity contribution in [3.63, 3.8) is 0 Å². The molecule has 29 heavy (non-hydrogen) atoms.